The van der Waals surface area contributed by atoms with Crippen LogP contribution in [0.1, 0.15) is 38.7 Å². The van der Waals surface area contributed by atoms with Gasteiger partial charge >= 0.3 is 6.18 Å². The van der Waals surface area contributed by atoms with Crippen molar-refractivity contribution in [2.24, 2.45) is 0 Å². The number of amides is 2. The number of hydrogen-bond acceptors (Lipinski definition) is 3. The molecule has 0 bridgehead atoms. The predicted octanol–water partition coefficient (Wildman–Crippen LogP) is 5.95. The van der Waals surface area contributed by atoms with Crippen molar-refractivity contribution in [1.29, 1.82) is 0 Å². The van der Waals surface area contributed by atoms with E-state index in [2.05, 4.69) is 10.6 Å². The number of benzene rings is 2. The number of carbonyl (C=O) groups is 2. The maximum Gasteiger partial charge on any atom is 0.418 e. The minimum Gasteiger partial charge on any atom is -0.326 e. The highest BCUT2D eigenvalue weighted by molar-refractivity contribution is 8.00. The van der Waals surface area contributed by atoms with Gasteiger partial charge in [-0.05, 0) is 49.7 Å². The molecule has 0 aliphatic carbocycles. The van der Waals surface area contributed by atoms with Crippen LogP contribution < -0.4 is 10.6 Å². The molecule has 2 amide bonds. The lowest BCUT2D eigenvalue weighted by Crippen LogP contribution is -2.24. The number of rotatable bonds is 8. The normalized spacial score (nSPS) is 12.3. The summed E-state index contributed by atoms with van der Waals surface area (Å²) in [5.41, 5.74) is -0.483. The lowest BCUT2D eigenvalue weighted by Gasteiger charge is -2.16. The summed E-state index contributed by atoms with van der Waals surface area (Å²) in [6, 6.07) is 11.9. The molecule has 4 nitrogen and oxygen atoms in total. The molecule has 2 N–H and O–H groups in total. The molecule has 156 valence electrons. The summed E-state index contributed by atoms with van der Waals surface area (Å²) in [6.45, 7) is 3.63. The Morgan fingerprint density at radius 2 is 1.69 bits per heavy atom. The lowest BCUT2D eigenvalue weighted by molar-refractivity contribution is -0.137. The standard InChI is InChI=1S/C21H23F3N2O2S/c1-3-4-9-19(27)25-15-10-12-16(13-11-15)29-14(2)20(28)26-18-8-6-5-7-17(18)21(22,23)24/h5-8,10-14H,3-4,9H2,1-2H3,(H,25,27)(H,26,28). The second kappa shape index (κ2) is 10.3. The number of para-hydroxylation sites is 1. The van der Waals surface area contributed by atoms with Crippen LogP contribution in [0.5, 0.6) is 0 Å². The molecule has 2 aromatic rings. The first kappa shape index (κ1) is 22.8. The van der Waals surface area contributed by atoms with Gasteiger partial charge in [-0.2, -0.15) is 13.2 Å². The van der Waals surface area contributed by atoms with E-state index >= 15 is 0 Å². The van der Waals surface area contributed by atoms with Crippen molar-refractivity contribution in [3.8, 4) is 0 Å². The first-order valence-corrected chi connectivity index (χ1v) is 10.1. The maximum absolute atomic E-state index is 13.1. The minimum absolute atomic E-state index is 0.0525. The van der Waals surface area contributed by atoms with E-state index in [-0.39, 0.29) is 11.6 Å². The molecule has 0 spiro atoms. The second-order valence-corrected chi connectivity index (χ2v) is 7.88. The first-order chi connectivity index (χ1) is 13.7. The molecule has 29 heavy (non-hydrogen) atoms. The molecular formula is C21H23F3N2O2S. The van der Waals surface area contributed by atoms with Gasteiger partial charge in [-0.3, -0.25) is 9.59 Å². The van der Waals surface area contributed by atoms with Gasteiger partial charge < -0.3 is 10.6 Å². The van der Waals surface area contributed by atoms with Crippen LogP contribution >= 0.6 is 11.8 Å². The third-order valence-electron chi connectivity index (χ3n) is 4.07. The highest BCUT2D eigenvalue weighted by Gasteiger charge is 2.33. The molecule has 0 fully saturated rings. The smallest absolute Gasteiger partial charge is 0.326 e. The van der Waals surface area contributed by atoms with Gasteiger partial charge in [-0.1, -0.05) is 25.5 Å². The fraction of sp³-hybridized carbons (Fsp3) is 0.333. The summed E-state index contributed by atoms with van der Waals surface area (Å²) in [6.07, 6.45) is -2.32. The number of alkyl halides is 3. The van der Waals surface area contributed by atoms with E-state index in [4.69, 9.17) is 0 Å². The van der Waals surface area contributed by atoms with Crippen molar-refractivity contribution < 1.29 is 22.8 Å². The molecule has 0 radical (unpaired) electrons. The number of thioether (sulfide) groups is 1. The van der Waals surface area contributed by atoms with E-state index < -0.39 is 22.9 Å². The third-order valence-corrected chi connectivity index (χ3v) is 5.18. The number of halogens is 3. The van der Waals surface area contributed by atoms with E-state index in [9.17, 15) is 22.8 Å². The van der Waals surface area contributed by atoms with Gasteiger partial charge in [-0.25, -0.2) is 0 Å². The molecule has 0 aliphatic rings. The first-order valence-electron chi connectivity index (χ1n) is 9.24. The highest BCUT2D eigenvalue weighted by Crippen LogP contribution is 2.35. The number of unbranched alkanes of at least 4 members (excludes halogenated alkanes) is 1. The fourth-order valence-corrected chi connectivity index (χ4v) is 3.38. The van der Waals surface area contributed by atoms with Crippen LogP contribution in [0.4, 0.5) is 24.5 Å². The van der Waals surface area contributed by atoms with Gasteiger partial charge in [-0.15, -0.1) is 11.8 Å². The van der Waals surface area contributed by atoms with E-state index in [1.54, 1.807) is 31.2 Å². The third kappa shape index (κ3) is 7.12. The molecule has 1 unspecified atom stereocenters. The van der Waals surface area contributed by atoms with Crippen molar-refractivity contribution in [3.63, 3.8) is 0 Å². The van der Waals surface area contributed by atoms with E-state index in [0.717, 1.165) is 23.8 Å². The van der Waals surface area contributed by atoms with Crippen molar-refractivity contribution in [2.75, 3.05) is 10.6 Å². The minimum atomic E-state index is -4.54. The van der Waals surface area contributed by atoms with Crippen LogP contribution in [-0.4, -0.2) is 17.1 Å². The molecular weight excluding hydrogens is 401 g/mol. The molecule has 0 aromatic heterocycles. The summed E-state index contributed by atoms with van der Waals surface area (Å²) in [7, 11) is 0. The summed E-state index contributed by atoms with van der Waals surface area (Å²) >= 11 is 1.22. The van der Waals surface area contributed by atoms with Crippen LogP contribution in [0.15, 0.2) is 53.4 Å². The second-order valence-electron chi connectivity index (χ2n) is 6.47. The van der Waals surface area contributed by atoms with E-state index in [0.29, 0.717) is 12.1 Å². The van der Waals surface area contributed by atoms with Crippen LogP contribution in [0.25, 0.3) is 0 Å². The Morgan fingerprint density at radius 1 is 1.03 bits per heavy atom. The molecule has 0 heterocycles. The fourth-order valence-electron chi connectivity index (χ4n) is 2.51. The summed E-state index contributed by atoms with van der Waals surface area (Å²) < 4.78 is 39.2. The quantitative estimate of drug-likeness (QED) is 0.515. The zero-order valence-electron chi connectivity index (χ0n) is 16.2. The summed E-state index contributed by atoms with van der Waals surface area (Å²) in [4.78, 5) is 24.9. The Labute approximate surface area is 172 Å². The average molecular weight is 424 g/mol. The van der Waals surface area contributed by atoms with Crippen molar-refractivity contribution >= 4 is 35.0 Å². The Bertz CT molecular complexity index is 839. The van der Waals surface area contributed by atoms with Gasteiger partial charge in [0.25, 0.3) is 0 Å². The molecule has 1 atom stereocenters. The highest BCUT2D eigenvalue weighted by atomic mass is 32.2. The topological polar surface area (TPSA) is 58.2 Å². The maximum atomic E-state index is 13.1. The summed E-state index contributed by atoms with van der Waals surface area (Å²) in [5, 5.41) is 4.55. The zero-order chi connectivity index (χ0) is 21.4. The lowest BCUT2D eigenvalue weighted by atomic mass is 10.1. The average Bonchev–Trinajstić information content (AvgIpc) is 2.67. The van der Waals surface area contributed by atoms with Crippen LogP contribution in [-0.2, 0) is 15.8 Å². The molecule has 0 saturated carbocycles. The van der Waals surface area contributed by atoms with Gasteiger partial charge in [0.1, 0.15) is 0 Å². The van der Waals surface area contributed by atoms with Crippen LogP contribution in [0.2, 0.25) is 0 Å². The SMILES string of the molecule is CCCCC(=O)Nc1ccc(SC(C)C(=O)Nc2ccccc2C(F)(F)F)cc1. The van der Waals surface area contributed by atoms with Crippen LogP contribution in [0.3, 0.4) is 0 Å². The van der Waals surface area contributed by atoms with Crippen molar-refractivity contribution in [2.45, 2.75) is 49.4 Å². The Balaban J connectivity index is 1.96. The zero-order valence-corrected chi connectivity index (χ0v) is 17.0. The van der Waals surface area contributed by atoms with Gasteiger partial charge in [0.05, 0.1) is 16.5 Å². The van der Waals surface area contributed by atoms with Gasteiger partial charge in [0.15, 0.2) is 0 Å². The van der Waals surface area contributed by atoms with Crippen molar-refractivity contribution in [1.82, 2.24) is 0 Å². The molecule has 2 aromatic carbocycles. The van der Waals surface area contributed by atoms with Crippen LogP contribution in [0, 0.1) is 0 Å². The van der Waals surface area contributed by atoms with Gasteiger partial charge in [0, 0.05) is 17.0 Å². The van der Waals surface area contributed by atoms with Gasteiger partial charge in [0.2, 0.25) is 11.8 Å². The Morgan fingerprint density at radius 3 is 2.31 bits per heavy atom. The monoisotopic (exact) mass is 424 g/mol. The largest absolute Gasteiger partial charge is 0.418 e. The van der Waals surface area contributed by atoms with E-state index in [1.807, 2.05) is 6.92 Å². The number of anilines is 2. The number of carbonyl (C=O) groups excluding carboxylic acids is 2. The van der Waals surface area contributed by atoms with Crippen molar-refractivity contribution in [3.05, 3.63) is 54.1 Å². The molecule has 2 rings (SSSR count). The Kier molecular flexibility index (Phi) is 8.13. The predicted molar refractivity (Wildman–Crippen MR) is 110 cm³/mol. The number of nitrogens with one attached hydrogen (secondary N) is 2. The molecule has 0 saturated heterocycles. The molecule has 0 aliphatic heterocycles. The van der Waals surface area contributed by atoms with E-state index in [1.165, 1.54) is 30.0 Å². The Hall–Kier alpha value is -2.48. The number of hydrogen-bond donors (Lipinski definition) is 2. The summed E-state index contributed by atoms with van der Waals surface area (Å²) in [5.74, 6) is -0.577. The molecule has 8 heteroatoms.